The number of nitrogens with zero attached hydrogens (tertiary/aromatic N) is 1. The second-order valence-corrected chi connectivity index (χ2v) is 8.33. The van der Waals surface area contributed by atoms with E-state index >= 15 is 0 Å². The maximum absolute atomic E-state index is 14.0. The monoisotopic (exact) mass is 340 g/mol. The van der Waals surface area contributed by atoms with Crippen LogP contribution in [0.1, 0.15) is 31.2 Å². The van der Waals surface area contributed by atoms with Crippen LogP contribution in [0.15, 0.2) is 23.1 Å². The Morgan fingerprint density at radius 2 is 2.04 bits per heavy atom. The van der Waals surface area contributed by atoms with Crippen molar-refractivity contribution in [3.05, 3.63) is 29.6 Å². The maximum atomic E-state index is 14.0. The third-order valence-corrected chi connectivity index (χ3v) is 6.26. The van der Waals surface area contributed by atoms with Gasteiger partial charge in [-0.1, -0.05) is 6.07 Å². The molecule has 1 saturated carbocycles. The minimum Gasteiger partial charge on any atom is -0.353 e. The van der Waals surface area contributed by atoms with Crippen molar-refractivity contribution in [1.82, 2.24) is 9.62 Å². The van der Waals surface area contributed by atoms with E-state index in [-0.39, 0.29) is 29.3 Å². The van der Waals surface area contributed by atoms with E-state index in [1.165, 1.54) is 22.5 Å². The maximum Gasteiger partial charge on any atom is 0.246 e. The number of carbonyl (C=O) groups excluding carboxylic acids is 1. The normalized spacial score (nSPS) is 22.8. The first-order chi connectivity index (χ1) is 10.9. The minimum absolute atomic E-state index is 0.0860. The summed E-state index contributed by atoms with van der Waals surface area (Å²) in [6.45, 7) is 2.16. The summed E-state index contributed by atoms with van der Waals surface area (Å²) in [5.74, 6) is -1.19. The molecule has 1 amide bonds. The van der Waals surface area contributed by atoms with Crippen LogP contribution in [0, 0.1) is 18.7 Å². The lowest BCUT2D eigenvalue weighted by molar-refractivity contribution is -0.126. The van der Waals surface area contributed by atoms with E-state index in [1.54, 1.807) is 6.92 Å². The number of aryl methyl sites for hydroxylation is 1. The number of benzene rings is 1. The average molecular weight is 340 g/mol. The molecule has 2 aliphatic rings. The smallest absolute Gasteiger partial charge is 0.246 e. The summed E-state index contributed by atoms with van der Waals surface area (Å²) in [5.41, 5.74) is 0.685. The van der Waals surface area contributed by atoms with Crippen molar-refractivity contribution >= 4 is 15.9 Å². The number of nitrogens with one attached hydrogen (secondary N) is 1. The van der Waals surface area contributed by atoms with E-state index in [9.17, 15) is 17.6 Å². The highest BCUT2D eigenvalue weighted by atomic mass is 32.2. The molecule has 0 bridgehead atoms. The standard InChI is InChI=1S/C16H21FN2O3S/c1-11-4-7-14(17)15(9-11)23(21,22)19-8-2-3-12(10-19)16(20)18-13-5-6-13/h4,7,9,12-13H,2-3,5-6,8,10H2,1H3,(H,18,20)/t12-/m0/s1. The summed E-state index contributed by atoms with van der Waals surface area (Å²) in [6.07, 6.45) is 3.26. The molecule has 0 spiro atoms. The van der Waals surface area contributed by atoms with Crippen molar-refractivity contribution < 1.29 is 17.6 Å². The molecule has 1 aliphatic heterocycles. The van der Waals surface area contributed by atoms with Gasteiger partial charge in [-0.25, -0.2) is 12.8 Å². The lowest BCUT2D eigenvalue weighted by atomic mass is 9.99. The van der Waals surface area contributed by atoms with E-state index in [1.807, 2.05) is 0 Å². The second kappa shape index (κ2) is 6.20. The number of carbonyl (C=O) groups is 1. The Labute approximate surface area is 135 Å². The van der Waals surface area contributed by atoms with Crippen LogP contribution in [0.4, 0.5) is 4.39 Å². The van der Waals surface area contributed by atoms with Crippen molar-refractivity contribution in [3.8, 4) is 0 Å². The number of rotatable bonds is 4. The van der Waals surface area contributed by atoms with Crippen molar-refractivity contribution in [2.24, 2.45) is 5.92 Å². The Morgan fingerprint density at radius 3 is 2.74 bits per heavy atom. The zero-order valence-electron chi connectivity index (χ0n) is 13.1. The Morgan fingerprint density at radius 1 is 1.30 bits per heavy atom. The van der Waals surface area contributed by atoms with Gasteiger partial charge in [0.1, 0.15) is 10.7 Å². The van der Waals surface area contributed by atoms with Gasteiger partial charge in [0.2, 0.25) is 15.9 Å². The number of hydrogen-bond donors (Lipinski definition) is 1. The Hall–Kier alpha value is -1.47. The Kier molecular flexibility index (Phi) is 4.42. The van der Waals surface area contributed by atoms with Crippen LogP contribution in [0.25, 0.3) is 0 Å². The lowest BCUT2D eigenvalue weighted by Gasteiger charge is -2.31. The first-order valence-electron chi connectivity index (χ1n) is 7.94. The van der Waals surface area contributed by atoms with Gasteiger partial charge in [0.15, 0.2) is 0 Å². The highest BCUT2D eigenvalue weighted by molar-refractivity contribution is 7.89. The predicted molar refractivity (Wildman–Crippen MR) is 83.8 cm³/mol. The molecular weight excluding hydrogens is 319 g/mol. The van der Waals surface area contributed by atoms with Crippen molar-refractivity contribution in [1.29, 1.82) is 0 Å². The first kappa shape index (κ1) is 16.4. The molecule has 2 fully saturated rings. The van der Waals surface area contributed by atoms with Gasteiger partial charge < -0.3 is 5.32 Å². The van der Waals surface area contributed by atoms with E-state index in [2.05, 4.69) is 5.32 Å². The van der Waals surface area contributed by atoms with Gasteiger partial charge >= 0.3 is 0 Å². The molecule has 1 heterocycles. The molecule has 1 aromatic carbocycles. The van der Waals surface area contributed by atoms with Crippen LogP contribution < -0.4 is 5.32 Å². The molecule has 1 aromatic rings. The largest absolute Gasteiger partial charge is 0.353 e. The van der Waals surface area contributed by atoms with Crippen molar-refractivity contribution in [3.63, 3.8) is 0 Å². The molecule has 23 heavy (non-hydrogen) atoms. The van der Waals surface area contributed by atoms with Gasteiger partial charge in [0.25, 0.3) is 0 Å². The van der Waals surface area contributed by atoms with Gasteiger partial charge in [-0.05, 0) is 50.3 Å². The molecule has 126 valence electrons. The average Bonchev–Trinajstić information content (AvgIpc) is 3.33. The first-order valence-corrected chi connectivity index (χ1v) is 9.38. The SMILES string of the molecule is Cc1ccc(F)c(S(=O)(=O)N2CCC[C@H](C(=O)NC3CC3)C2)c1. The van der Waals surface area contributed by atoms with Gasteiger partial charge in [0.05, 0.1) is 5.92 Å². The number of sulfonamides is 1. The summed E-state index contributed by atoms with van der Waals surface area (Å²) in [5, 5.41) is 2.92. The molecule has 1 N–H and O–H groups in total. The summed E-state index contributed by atoms with van der Waals surface area (Å²) >= 11 is 0. The quantitative estimate of drug-likeness (QED) is 0.909. The van der Waals surface area contributed by atoms with Gasteiger partial charge in [-0.15, -0.1) is 0 Å². The van der Waals surface area contributed by atoms with Crippen molar-refractivity contribution in [2.75, 3.05) is 13.1 Å². The Bertz CT molecular complexity index is 716. The molecule has 0 unspecified atom stereocenters. The van der Waals surface area contributed by atoms with Crippen LogP contribution >= 0.6 is 0 Å². The Balaban J connectivity index is 1.79. The van der Waals surface area contributed by atoms with Crippen LogP contribution in [-0.2, 0) is 14.8 Å². The molecule has 0 radical (unpaired) electrons. The molecule has 3 rings (SSSR count). The van der Waals surface area contributed by atoms with Crippen LogP contribution in [-0.4, -0.2) is 37.8 Å². The molecule has 1 aliphatic carbocycles. The summed E-state index contributed by atoms with van der Waals surface area (Å²) in [7, 11) is -3.92. The molecule has 1 atom stereocenters. The summed E-state index contributed by atoms with van der Waals surface area (Å²) in [6, 6.07) is 4.31. The number of piperidine rings is 1. The number of amides is 1. The fourth-order valence-corrected chi connectivity index (χ4v) is 4.54. The zero-order valence-corrected chi connectivity index (χ0v) is 13.9. The predicted octanol–water partition coefficient (Wildman–Crippen LogP) is 1.81. The van der Waals surface area contributed by atoms with Crippen LogP contribution in [0.2, 0.25) is 0 Å². The fourth-order valence-electron chi connectivity index (χ4n) is 2.87. The second-order valence-electron chi connectivity index (χ2n) is 6.42. The van der Waals surface area contributed by atoms with E-state index in [0.29, 0.717) is 24.9 Å². The number of halogens is 1. The van der Waals surface area contributed by atoms with Gasteiger partial charge in [-0.2, -0.15) is 4.31 Å². The van der Waals surface area contributed by atoms with Gasteiger partial charge in [0, 0.05) is 19.1 Å². The van der Waals surface area contributed by atoms with Crippen LogP contribution in [0.3, 0.4) is 0 Å². The zero-order chi connectivity index (χ0) is 16.6. The van der Waals surface area contributed by atoms with E-state index < -0.39 is 15.8 Å². The van der Waals surface area contributed by atoms with Gasteiger partial charge in [-0.3, -0.25) is 4.79 Å². The summed E-state index contributed by atoms with van der Waals surface area (Å²) < 4.78 is 40.6. The molecule has 1 saturated heterocycles. The highest BCUT2D eigenvalue weighted by Gasteiger charge is 2.36. The van der Waals surface area contributed by atoms with E-state index in [0.717, 1.165) is 12.8 Å². The minimum atomic E-state index is -3.92. The van der Waals surface area contributed by atoms with E-state index in [4.69, 9.17) is 0 Å². The third-order valence-electron chi connectivity index (χ3n) is 4.38. The third kappa shape index (κ3) is 3.55. The molecular formula is C16H21FN2O3S. The number of hydrogen-bond acceptors (Lipinski definition) is 3. The molecule has 5 nitrogen and oxygen atoms in total. The fraction of sp³-hybridized carbons (Fsp3) is 0.562. The van der Waals surface area contributed by atoms with Crippen molar-refractivity contribution in [2.45, 2.75) is 43.5 Å². The lowest BCUT2D eigenvalue weighted by Crippen LogP contribution is -2.46. The summed E-state index contributed by atoms with van der Waals surface area (Å²) in [4.78, 5) is 11.9. The topological polar surface area (TPSA) is 66.5 Å². The molecule has 0 aromatic heterocycles. The highest BCUT2D eigenvalue weighted by Crippen LogP contribution is 2.27. The molecule has 7 heteroatoms. The van der Waals surface area contributed by atoms with Crippen LogP contribution in [0.5, 0.6) is 0 Å².